The molecule has 0 amide bonds. The van der Waals surface area contributed by atoms with Crippen molar-refractivity contribution in [1.29, 1.82) is 0 Å². The Morgan fingerprint density at radius 2 is 1.67 bits per heavy atom. The zero-order valence-corrected chi connectivity index (χ0v) is 16.7. The minimum Gasteiger partial charge on any atom is -0.299 e. The number of piperidine rings is 1. The van der Waals surface area contributed by atoms with E-state index in [1.807, 2.05) is 31.2 Å². The summed E-state index contributed by atoms with van der Waals surface area (Å²) in [6.07, 6.45) is 3.34. The highest BCUT2D eigenvalue weighted by atomic mass is 32.2. The predicted molar refractivity (Wildman–Crippen MR) is 106 cm³/mol. The summed E-state index contributed by atoms with van der Waals surface area (Å²) in [5.74, 6) is 0.327. The summed E-state index contributed by atoms with van der Waals surface area (Å²) in [7, 11) is -3.21. The number of hydrogen-bond acceptors (Lipinski definition) is 3. The van der Waals surface area contributed by atoms with E-state index < -0.39 is 10.0 Å². The number of benzene rings is 2. The van der Waals surface area contributed by atoms with Gasteiger partial charge in [0, 0.05) is 12.6 Å². The van der Waals surface area contributed by atoms with Gasteiger partial charge in [-0.1, -0.05) is 36.4 Å². The van der Waals surface area contributed by atoms with Crippen LogP contribution in [0.3, 0.4) is 0 Å². The van der Waals surface area contributed by atoms with E-state index in [1.165, 1.54) is 17.4 Å². The first-order valence-corrected chi connectivity index (χ1v) is 11.2. The second-order valence-electron chi connectivity index (χ2n) is 7.46. The van der Waals surface area contributed by atoms with Gasteiger partial charge >= 0.3 is 0 Å². The molecular weight excluding hydrogens is 363 g/mol. The second kappa shape index (κ2) is 8.50. The van der Waals surface area contributed by atoms with Crippen LogP contribution in [0.2, 0.25) is 0 Å². The minimum absolute atomic E-state index is 0.180. The number of hydrogen-bond donors (Lipinski definition) is 1. The molecule has 0 bridgehead atoms. The van der Waals surface area contributed by atoms with Gasteiger partial charge in [0.2, 0.25) is 10.0 Å². The molecule has 1 atom stereocenters. The third-order valence-corrected chi connectivity index (χ3v) is 5.99. The van der Waals surface area contributed by atoms with Crippen LogP contribution in [0.25, 0.3) is 0 Å². The van der Waals surface area contributed by atoms with Crippen LogP contribution >= 0.6 is 0 Å². The summed E-state index contributed by atoms with van der Waals surface area (Å²) in [5, 5.41) is 0. The Kier molecular flexibility index (Phi) is 6.29. The highest BCUT2D eigenvalue weighted by Crippen LogP contribution is 2.28. The molecule has 0 spiro atoms. The molecule has 1 aliphatic rings. The van der Waals surface area contributed by atoms with E-state index in [9.17, 15) is 12.8 Å². The first kappa shape index (κ1) is 20.0. The van der Waals surface area contributed by atoms with E-state index in [2.05, 4.69) is 21.8 Å². The Balaban J connectivity index is 1.52. The van der Waals surface area contributed by atoms with Crippen LogP contribution in [0.4, 0.5) is 4.39 Å². The number of sulfonamides is 1. The molecule has 27 heavy (non-hydrogen) atoms. The fourth-order valence-corrected chi connectivity index (χ4v) is 4.50. The molecule has 146 valence electrons. The smallest absolute Gasteiger partial charge is 0.209 e. The van der Waals surface area contributed by atoms with Crippen LogP contribution < -0.4 is 4.72 Å². The van der Waals surface area contributed by atoms with Crippen LogP contribution in [0.5, 0.6) is 0 Å². The zero-order chi connectivity index (χ0) is 19.4. The largest absolute Gasteiger partial charge is 0.299 e. The molecule has 1 fully saturated rings. The molecule has 6 heteroatoms. The van der Waals surface area contributed by atoms with Crippen LogP contribution in [0, 0.1) is 5.82 Å². The van der Waals surface area contributed by atoms with Gasteiger partial charge < -0.3 is 0 Å². The van der Waals surface area contributed by atoms with Crippen molar-refractivity contribution in [3.63, 3.8) is 0 Å². The fourth-order valence-electron chi connectivity index (χ4n) is 3.72. The average molecular weight is 391 g/mol. The molecule has 0 unspecified atom stereocenters. The van der Waals surface area contributed by atoms with Crippen LogP contribution in [0.15, 0.2) is 48.5 Å². The minimum atomic E-state index is -3.21. The summed E-state index contributed by atoms with van der Waals surface area (Å²) < 4.78 is 38.4. The second-order valence-corrected chi connectivity index (χ2v) is 9.24. The van der Waals surface area contributed by atoms with Crippen molar-refractivity contribution in [2.24, 2.45) is 0 Å². The first-order valence-electron chi connectivity index (χ1n) is 9.34. The van der Waals surface area contributed by atoms with E-state index in [1.54, 1.807) is 12.1 Å². The van der Waals surface area contributed by atoms with E-state index in [4.69, 9.17) is 0 Å². The van der Waals surface area contributed by atoms with E-state index in [0.717, 1.165) is 38.0 Å². The number of halogens is 1. The van der Waals surface area contributed by atoms with Crippen molar-refractivity contribution < 1.29 is 12.8 Å². The zero-order valence-electron chi connectivity index (χ0n) is 15.9. The Morgan fingerprint density at radius 3 is 2.22 bits per heavy atom. The Morgan fingerprint density at radius 1 is 1.07 bits per heavy atom. The maximum Gasteiger partial charge on any atom is 0.209 e. The van der Waals surface area contributed by atoms with Crippen LogP contribution in [-0.4, -0.2) is 32.7 Å². The monoisotopic (exact) mass is 390 g/mol. The topological polar surface area (TPSA) is 49.4 Å². The third kappa shape index (κ3) is 5.86. The summed E-state index contributed by atoms with van der Waals surface area (Å²) in [6.45, 7) is 4.78. The molecule has 2 aromatic rings. The number of rotatable bonds is 6. The lowest BCUT2D eigenvalue weighted by Gasteiger charge is -2.32. The third-order valence-electron chi connectivity index (χ3n) is 5.21. The van der Waals surface area contributed by atoms with Gasteiger partial charge in [-0.3, -0.25) is 4.90 Å². The van der Waals surface area contributed by atoms with Gasteiger partial charge in [-0.05, 0) is 67.6 Å². The molecule has 3 rings (SSSR count). The van der Waals surface area contributed by atoms with Crippen molar-refractivity contribution in [3.05, 3.63) is 71.0 Å². The lowest BCUT2D eigenvalue weighted by molar-refractivity contribution is 0.204. The first-order chi connectivity index (χ1) is 12.8. The van der Waals surface area contributed by atoms with Crippen molar-refractivity contribution >= 4 is 10.0 Å². The Labute approximate surface area is 161 Å². The fraction of sp³-hybridized carbons (Fsp3) is 0.429. The van der Waals surface area contributed by atoms with Crippen molar-refractivity contribution in [3.8, 4) is 0 Å². The van der Waals surface area contributed by atoms with Crippen molar-refractivity contribution in [1.82, 2.24) is 9.62 Å². The van der Waals surface area contributed by atoms with Gasteiger partial charge in [0.25, 0.3) is 0 Å². The van der Waals surface area contributed by atoms with Crippen molar-refractivity contribution in [2.45, 2.75) is 38.3 Å². The molecule has 1 saturated heterocycles. The molecular formula is C21H27FN2O2S. The normalized spacial score (nSPS) is 17.7. The van der Waals surface area contributed by atoms with Gasteiger partial charge in [0.05, 0.1) is 6.26 Å². The maximum atomic E-state index is 13.1. The van der Waals surface area contributed by atoms with E-state index >= 15 is 0 Å². The molecule has 0 aromatic heterocycles. The molecule has 0 saturated carbocycles. The predicted octanol–water partition coefficient (Wildman–Crippen LogP) is 3.82. The van der Waals surface area contributed by atoms with E-state index in [0.29, 0.717) is 5.92 Å². The number of nitrogens with zero attached hydrogens (tertiary/aromatic N) is 1. The quantitative estimate of drug-likeness (QED) is 0.816. The molecule has 4 nitrogen and oxygen atoms in total. The SMILES string of the molecule is C[C@@H](NS(C)(=O)=O)c1ccc(CN2CCC(c3ccc(F)cc3)CC2)cc1. The molecule has 0 radical (unpaired) electrons. The van der Waals surface area contributed by atoms with Gasteiger partial charge in [-0.2, -0.15) is 0 Å². The highest BCUT2D eigenvalue weighted by Gasteiger charge is 2.20. The summed E-state index contributed by atoms with van der Waals surface area (Å²) in [6, 6.07) is 14.8. The van der Waals surface area contributed by atoms with Crippen LogP contribution in [-0.2, 0) is 16.6 Å². The molecule has 1 aliphatic heterocycles. The van der Waals surface area contributed by atoms with Crippen molar-refractivity contribution in [2.75, 3.05) is 19.3 Å². The van der Waals surface area contributed by atoms with E-state index in [-0.39, 0.29) is 11.9 Å². The van der Waals surface area contributed by atoms with Gasteiger partial charge in [0.15, 0.2) is 0 Å². The summed E-state index contributed by atoms with van der Waals surface area (Å²) in [4.78, 5) is 2.44. The highest BCUT2D eigenvalue weighted by molar-refractivity contribution is 7.88. The molecule has 0 aliphatic carbocycles. The Bertz CT molecular complexity index is 843. The summed E-state index contributed by atoms with van der Waals surface area (Å²) >= 11 is 0. The standard InChI is InChI=1S/C21H27FN2O2S/c1-16(23-27(2,25)26)18-5-3-17(4-6-18)15-24-13-11-20(12-14-24)19-7-9-21(22)10-8-19/h3-10,16,20,23H,11-15H2,1-2H3/t16-/m1/s1. The summed E-state index contributed by atoms with van der Waals surface area (Å²) in [5.41, 5.74) is 3.41. The van der Waals surface area contributed by atoms with Gasteiger partial charge in [-0.15, -0.1) is 0 Å². The average Bonchev–Trinajstić information content (AvgIpc) is 2.62. The molecule has 1 N–H and O–H groups in total. The molecule has 1 heterocycles. The lowest BCUT2D eigenvalue weighted by atomic mass is 9.89. The lowest BCUT2D eigenvalue weighted by Crippen LogP contribution is -2.32. The Hall–Kier alpha value is -1.76. The molecule has 2 aromatic carbocycles. The maximum absolute atomic E-state index is 13.1. The van der Waals surface area contributed by atoms with Crippen LogP contribution in [0.1, 0.15) is 48.4 Å². The van der Waals surface area contributed by atoms with Gasteiger partial charge in [0.1, 0.15) is 5.82 Å². The number of nitrogens with one attached hydrogen (secondary N) is 1. The van der Waals surface area contributed by atoms with Gasteiger partial charge in [-0.25, -0.2) is 17.5 Å². The number of likely N-dealkylation sites (tertiary alicyclic amines) is 1.